The third-order valence-corrected chi connectivity index (χ3v) is 2.52. The fourth-order valence-corrected chi connectivity index (χ4v) is 1.74. The second-order valence-electron chi connectivity index (χ2n) is 3.59. The summed E-state index contributed by atoms with van der Waals surface area (Å²) in [6.07, 6.45) is 0.849. The lowest BCUT2D eigenvalue weighted by Gasteiger charge is -1.92. The molecular formula is C11H9ClFNO3. The molecule has 1 N–H and O–H groups in total. The van der Waals surface area contributed by atoms with Crippen LogP contribution in [0, 0.1) is 5.82 Å². The van der Waals surface area contributed by atoms with Gasteiger partial charge in [-0.15, -0.1) is 0 Å². The average molecular weight is 258 g/mol. The van der Waals surface area contributed by atoms with Crippen LogP contribution in [0.2, 0.25) is 5.02 Å². The van der Waals surface area contributed by atoms with Crippen LogP contribution in [-0.2, 0) is 11.2 Å². The van der Waals surface area contributed by atoms with Crippen LogP contribution in [0.5, 0.6) is 0 Å². The number of benzene rings is 1. The summed E-state index contributed by atoms with van der Waals surface area (Å²) in [4.78, 5) is 14.4. The van der Waals surface area contributed by atoms with E-state index < -0.39 is 11.8 Å². The van der Waals surface area contributed by atoms with E-state index in [1.165, 1.54) is 6.07 Å². The Balaban J connectivity index is 2.20. The standard InChI is InChI=1S/C11H9ClFNO3/c12-7-4-6(13)5-8-11(7)17-9(14-8)2-1-3-10(15)16/h4-5H,1-3H2,(H,15,16). The van der Waals surface area contributed by atoms with Crippen LogP contribution < -0.4 is 0 Å². The Hall–Kier alpha value is -1.62. The van der Waals surface area contributed by atoms with E-state index in [0.29, 0.717) is 29.8 Å². The molecule has 1 aromatic heterocycles. The van der Waals surface area contributed by atoms with E-state index in [9.17, 15) is 9.18 Å². The Morgan fingerprint density at radius 1 is 1.53 bits per heavy atom. The number of carbonyl (C=O) groups is 1. The Morgan fingerprint density at radius 3 is 3.00 bits per heavy atom. The summed E-state index contributed by atoms with van der Waals surface area (Å²) in [6.45, 7) is 0. The number of aryl methyl sites for hydroxylation is 1. The van der Waals surface area contributed by atoms with Crippen molar-refractivity contribution in [3.63, 3.8) is 0 Å². The summed E-state index contributed by atoms with van der Waals surface area (Å²) in [5.41, 5.74) is 0.679. The molecule has 0 aliphatic rings. The first-order valence-corrected chi connectivity index (χ1v) is 5.40. The minimum atomic E-state index is -0.870. The fourth-order valence-electron chi connectivity index (χ4n) is 1.50. The molecule has 0 aliphatic heterocycles. The highest BCUT2D eigenvalue weighted by molar-refractivity contribution is 6.34. The van der Waals surface area contributed by atoms with Crippen LogP contribution in [0.25, 0.3) is 11.1 Å². The molecule has 0 atom stereocenters. The van der Waals surface area contributed by atoms with Gasteiger partial charge in [0.05, 0.1) is 5.02 Å². The second kappa shape index (κ2) is 4.71. The van der Waals surface area contributed by atoms with Crippen molar-refractivity contribution in [1.29, 1.82) is 0 Å². The van der Waals surface area contributed by atoms with Crippen LogP contribution >= 0.6 is 11.6 Å². The molecule has 0 aliphatic carbocycles. The Kier molecular flexibility index (Phi) is 3.28. The molecule has 0 saturated heterocycles. The zero-order valence-corrected chi connectivity index (χ0v) is 9.50. The summed E-state index contributed by atoms with van der Waals surface area (Å²) in [5, 5.41) is 8.65. The SMILES string of the molecule is O=C(O)CCCc1nc2cc(F)cc(Cl)c2o1. The number of nitrogens with zero attached hydrogens (tertiary/aromatic N) is 1. The van der Waals surface area contributed by atoms with Gasteiger partial charge >= 0.3 is 5.97 Å². The van der Waals surface area contributed by atoms with Gasteiger partial charge in [-0.3, -0.25) is 4.79 Å². The predicted octanol–water partition coefficient (Wildman–Crippen LogP) is 3.03. The molecule has 0 amide bonds. The maximum absolute atomic E-state index is 13.0. The minimum Gasteiger partial charge on any atom is -0.481 e. The zero-order valence-electron chi connectivity index (χ0n) is 8.74. The first kappa shape index (κ1) is 11.9. The number of halogens is 2. The van der Waals surface area contributed by atoms with Crippen LogP contribution in [0.15, 0.2) is 16.5 Å². The summed E-state index contributed by atoms with van der Waals surface area (Å²) in [7, 11) is 0. The lowest BCUT2D eigenvalue weighted by molar-refractivity contribution is -0.137. The Bertz CT molecular complexity index is 567. The molecule has 2 rings (SSSR count). The van der Waals surface area contributed by atoms with Crippen LogP contribution in [0.3, 0.4) is 0 Å². The van der Waals surface area contributed by atoms with Crippen molar-refractivity contribution in [3.05, 3.63) is 28.9 Å². The van der Waals surface area contributed by atoms with Gasteiger partial charge in [0.15, 0.2) is 11.5 Å². The molecule has 0 saturated carbocycles. The molecule has 2 aromatic rings. The van der Waals surface area contributed by atoms with E-state index >= 15 is 0 Å². The third kappa shape index (κ3) is 2.74. The number of aromatic nitrogens is 1. The maximum atomic E-state index is 13.0. The van der Waals surface area contributed by atoms with Gasteiger partial charge in [-0.05, 0) is 12.5 Å². The monoisotopic (exact) mass is 257 g/mol. The maximum Gasteiger partial charge on any atom is 0.303 e. The van der Waals surface area contributed by atoms with Crippen molar-refractivity contribution in [2.75, 3.05) is 0 Å². The molecular weight excluding hydrogens is 249 g/mol. The van der Waals surface area contributed by atoms with Crippen molar-refractivity contribution in [3.8, 4) is 0 Å². The van der Waals surface area contributed by atoms with E-state index in [1.54, 1.807) is 0 Å². The Labute approximate surface area is 101 Å². The fraction of sp³-hybridized carbons (Fsp3) is 0.273. The molecule has 0 fully saturated rings. The molecule has 1 heterocycles. The molecule has 90 valence electrons. The number of hydrogen-bond donors (Lipinski definition) is 1. The van der Waals surface area contributed by atoms with Gasteiger partial charge in [0.1, 0.15) is 11.3 Å². The van der Waals surface area contributed by atoms with Gasteiger partial charge in [-0.1, -0.05) is 11.6 Å². The molecule has 6 heteroatoms. The van der Waals surface area contributed by atoms with Gasteiger partial charge in [0.25, 0.3) is 0 Å². The van der Waals surface area contributed by atoms with E-state index in [-0.39, 0.29) is 11.4 Å². The van der Waals surface area contributed by atoms with Gasteiger partial charge in [0.2, 0.25) is 0 Å². The van der Waals surface area contributed by atoms with E-state index in [4.69, 9.17) is 21.1 Å². The number of carboxylic acids is 1. The van der Waals surface area contributed by atoms with Crippen LogP contribution in [-0.4, -0.2) is 16.1 Å². The summed E-state index contributed by atoms with van der Waals surface area (Å²) >= 11 is 5.79. The van der Waals surface area contributed by atoms with Crippen LogP contribution in [0.1, 0.15) is 18.7 Å². The molecule has 4 nitrogen and oxygen atoms in total. The quantitative estimate of drug-likeness (QED) is 0.914. The van der Waals surface area contributed by atoms with Crippen LogP contribution in [0.4, 0.5) is 4.39 Å². The largest absolute Gasteiger partial charge is 0.481 e. The topological polar surface area (TPSA) is 63.3 Å². The number of carboxylic acid groups (broad SMARTS) is 1. The predicted molar refractivity (Wildman–Crippen MR) is 59.6 cm³/mol. The van der Waals surface area contributed by atoms with Crippen molar-refractivity contribution >= 4 is 28.7 Å². The first-order valence-electron chi connectivity index (χ1n) is 5.02. The Morgan fingerprint density at radius 2 is 2.29 bits per heavy atom. The second-order valence-corrected chi connectivity index (χ2v) is 4.00. The lowest BCUT2D eigenvalue weighted by atomic mass is 10.2. The van der Waals surface area contributed by atoms with Crippen molar-refractivity contribution in [2.24, 2.45) is 0 Å². The molecule has 0 radical (unpaired) electrons. The van der Waals surface area contributed by atoms with Gasteiger partial charge in [-0.25, -0.2) is 9.37 Å². The highest BCUT2D eigenvalue weighted by Gasteiger charge is 2.11. The molecule has 0 bridgehead atoms. The smallest absolute Gasteiger partial charge is 0.303 e. The zero-order chi connectivity index (χ0) is 12.4. The van der Waals surface area contributed by atoms with E-state index in [1.807, 2.05) is 0 Å². The normalized spacial score (nSPS) is 10.9. The number of oxazole rings is 1. The number of aliphatic carboxylic acids is 1. The van der Waals surface area contributed by atoms with E-state index in [0.717, 1.165) is 6.07 Å². The highest BCUT2D eigenvalue weighted by Crippen LogP contribution is 2.26. The van der Waals surface area contributed by atoms with Gasteiger partial charge in [-0.2, -0.15) is 0 Å². The van der Waals surface area contributed by atoms with Crippen molar-refractivity contribution in [1.82, 2.24) is 4.98 Å². The third-order valence-electron chi connectivity index (χ3n) is 2.24. The van der Waals surface area contributed by atoms with Gasteiger partial charge < -0.3 is 9.52 Å². The molecule has 0 unspecified atom stereocenters. The number of hydrogen-bond acceptors (Lipinski definition) is 3. The first-order chi connectivity index (χ1) is 8.06. The molecule has 17 heavy (non-hydrogen) atoms. The average Bonchev–Trinajstić information content (AvgIpc) is 2.60. The molecule has 1 aromatic carbocycles. The summed E-state index contributed by atoms with van der Waals surface area (Å²) in [5.74, 6) is -0.980. The number of fused-ring (bicyclic) bond motifs is 1. The van der Waals surface area contributed by atoms with Crippen molar-refractivity contribution in [2.45, 2.75) is 19.3 Å². The minimum absolute atomic E-state index is 0.0425. The number of rotatable bonds is 4. The lowest BCUT2D eigenvalue weighted by Crippen LogP contribution is -1.95. The highest BCUT2D eigenvalue weighted by atomic mass is 35.5. The summed E-state index contributed by atoms with van der Waals surface area (Å²) in [6, 6.07) is 2.38. The van der Waals surface area contributed by atoms with E-state index in [2.05, 4.69) is 4.98 Å². The van der Waals surface area contributed by atoms with Crippen molar-refractivity contribution < 1.29 is 18.7 Å². The van der Waals surface area contributed by atoms with Gasteiger partial charge in [0, 0.05) is 18.9 Å². The summed E-state index contributed by atoms with van der Waals surface area (Å²) < 4.78 is 18.4. The molecule has 0 spiro atoms.